The SMILES string of the molecule is O=C(CSc1ccc(C(F)(F)F)cn1)Nc1cc(F)cc(N2CCCC2)c1. The molecule has 1 aliphatic heterocycles. The number of pyridine rings is 1. The van der Waals surface area contributed by atoms with Gasteiger partial charge in [-0.2, -0.15) is 13.2 Å². The van der Waals surface area contributed by atoms with Gasteiger partial charge in [0.15, 0.2) is 0 Å². The fourth-order valence-corrected chi connectivity index (χ4v) is 3.42. The van der Waals surface area contributed by atoms with Gasteiger partial charge in [-0.25, -0.2) is 9.37 Å². The fourth-order valence-electron chi connectivity index (χ4n) is 2.77. The molecule has 27 heavy (non-hydrogen) atoms. The number of amides is 1. The van der Waals surface area contributed by atoms with Crippen molar-refractivity contribution < 1.29 is 22.4 Å². The average Bonchev–Trinajstić information content (AvgIpc) is 3.14. The molecule has 0 spiro atoms. The molecule has 0 bridgehead atoms. The van der Waals surface area contributed by atoms with Gasteiger partial charge in [-0.3, -0.25) is 4.79 Å². The van der Waals surface area contributed by atoms with Crippen LogP contribution in [0.3, 0.4) is 0 Å². The number of benzene rings is 1. The second kappa shape index (κ2) is 8.16. The summed E-state index contributed by atoms with van der Waals surface area (Å²) in [4.78, 5) is 17.8. The molecule has 0 radical (unpaired) electrons. The number of hydrogen-bond acceptors (Lipinski definition) is 4. The van der Waals surface area contributed by atoms with E-state index < -0.39 is 17.6 Å². The van der Waals surface area contributed by atoms with Gasteiger partial charge in [-0.05, 0) is 43.2 Å². The zero-order valence-electron chi connectivity index (χ0n) is 14.2. The van der Waals surface area contributed by atoms with Crippen LogP contribution in [0.25, 0.3) is 0 Å². The van der Waals surface area contributed by atoms with Gasteiger partial charge in [0.1, 0.15) is 5.82 Å². The lowest BCUT2D eigenvalue weighted by Gasteiger charge is -2.18. The summed E-state index contributed by atoms with van der Waals surface area (Å²) in [6, 6.07) is 6.52. The molecule has 0 saturated carbocycles. The van der Waals surface area contributed by atoms with Crippen molar-refractivity contribution in [1.82, 2.24) is 4.98 Å². The highest BCUT2D eigenvalue weighted by Gasteiger charge is 2.30. The van der Waals surface area contributed by atoms with E-state index in [1.807, 2.05) is 0 Å². The lowest BCUT2D eigenvalue weighted by atomic mass is 10.2. The molecule has 1 fully saturated rings. The number of carbonyl (C=O) groups is 1. The minimum absolute atomic E-state index is 0.0477. The second-order valence-electron chi connectivity index (χ2n) is 6.11. The van der Waals surface area contributed by atoms with Gasteiger partial charge in [0.25, 0.3) is 0 Å². The second-order valence-corrected chi connectivity index (χ2v) is 7.11. The maximum absolute atomic E-state index is 13.8. The number of thioether (sulfide) groups is 1. The molecule has 0 aliphatic carbocycles. The minimum atomic E-state index is -4.45. The molecule has 1 aromatic carbocycles. The summed E-state index contributed by atoms with van der Waals surface area (Å²) in [5.41, 5.74) is 0.230. The molecule has 1 amide bonds. The summed E-state index contributed by atoms with van der Waals surface area (Å²) in [6.45, 7) is 1.71. The van der Waals surface area contributed by atoms with Gasteiger partial charge in [-0.15, -0.1) is 0 Å². The molecule has 3 rings (SSSR count). The number of aromatic nitrogens is 1. The molecular formula is C18H17F4N3OS. The molecule has 1 N–H and O–H groups in total. The van der Waals surface area contributed by atoms with Gasteiger partial charge < -0.3 is 10.2 Å². The molecule has 0 atom stereocenters. The van der Waals surface area contributed by atoms with Crippen LogP contribution in [-0.4, -0.2) is 29.7 Å². The predicted molar refractivity (Wildman–Crippen MR) is 96.4 cm³/mol. The van der Waals surface area contributed by atoms with Crippen LogP contribution < -0.4 is 10.2 Å². The highest BCUT2D eigenvalue weighted by molar-refractivity contribution is 7.99. The number of carbonyl (C=O) groups excluding carboxylic acids is 1. The minimum Gasteiger partial charge on any atom is -0.371 e. The fraction of sp³-hybridized carbons (Fsp3) is 0.333. The standard InChI is InChI=1S/C18H17F4N3OS/c19-13-7-14(9-15(8-13)25-5-1-2-6-25)24-16(26)11-27-17-4-3-12(10-23-17)18(20,21)22/h3-4,7-10H,1-2,5-6,11H2,(H,24,26). The smallest absolute Gasteiger partial charge is 0.371 e. The van der Waals surface area contributed by atoms with Gasteiger partial charge in [0.05, 0.1) is 16.3 Å². The molecule has 0 unspecified atom stereocenters. The van der Waals surface area contributed by atoms with Crippen molar-refractivity contribution in [3.8, 4) is 0 Å². The number of nitrogens with one attached hydrogen (secondary N) is 1. The van der Waals surface area contributed by atoms with E-state index in [1.54, 1.807) is 6.07 Å². The van der Waals surface area contributed by atoms with E-state index in [4.69, 9.17) is 0 Å². The van der Waals surface area contributed by atoms with Gasteiger partial charge >= 0.3 is 6.18 Å². The summed E-state index contributed by atoms with van der Waals surface area (Å²) in [6.07, 6.45) is -1.61. The Kier molecular flexibility index (Phi) is 5.88. The summed E-state index contributed by atoms with van der Waals surface area (Å²) >= 11 is 1.01. The lowest BCUT2D eigenvalue weighted by molar-refractivity contribution is -0.137. The maximum atomic E-state index is 13.8. The molecular weight excluding hydrogens is 382 g/mol. The largest absolute Gasteiger partial charge is 0.417 e. The first-order valence-corrected chi connectivity index (χ1v) is 9.31. The Labute approximate surface area is 158 Å². The number of hydrogen-bond donors (Lipinski definition) is 1. The Hall–Kier alpha value is -2.29. The molecule has 2 heterocycles. The normalized spacial score (nSPS) is 14.4. The Bertz CT molecular complexity index is 805. The van der Waals surface area contributed by atoms with Crippen molar-refractivity contribution >= 4 is 29.0 Å². The number of halogens is 4. The van der Waals surface area contributed by atoms with Crippen LogP contribution in [0, 0.1) is 5.82 Å². The third-order valence-corrected chi connectivity index (χ3v) is 5.00. The van der Waals surface area contributed by atoms with Crippen LogP contribution in [0.15, 0.2) is 41.6 Å². The monoisotopic (exact) mass is 399 g/mol. The Balaban J connectivity index is 1.58. The number of alkyl halides is 3. The highest BCUT2D eigenvalue weighted by Crippen LogP contribution is 2.30. The summed E-state index contributed by atoms with van der Waals surface area (Å²) in [5, 5.41) is 2.92. The average molecular weight is 399 g/mol. The van der Waals surface area contributed by atoms with Crippen molar-refractivity contribution in [3.05, 3.63) is 47.9 Å². The van der Waals surface area contributed by atoms with Crippen molar-refractivity contribution in [2.75, 3.05) is 29.1 Å². The van der Waals surface area contributed by atoms with Crippen molar-refractivity contribution in [3.63, 3.8) is 0 Å². The Morgan fingerprint density at radius 1 is 1.19 bits per heavy atom. The van der Waals surface area contributed by atoms with E-state index in [1.165, 1.54) is 18.2 Å². The Morgan fingerprint density at radius 3 is 2.56 bits per heavy atom. The van der Waals surface area contributed by atoms with Crippen LogP contribution in [0.1, 0.15) is 18.4 Å². The third-order valence-electron chi connectivity index (χ3n) is 4.05. The first-order chi connectivity index (χ1) is 12.8. The van der Waals surface area contributed by atoms with Crippen LogP contribution in [0.2, 0.25) is 0 Å². The summed E-state index contributed by atoms with van der Waals surface area (Å²) < 4.78 is 51.4. The zero-order chi connectivity index (χ0) is 19.4. The quantitative estimate of drug-likeness (QED) is 0.591. The molecule has 1 aromatic heterocycles. The lowest BCUT2D eigenvalue weighted by Crippen LogP contribution is -2.19. The molecule has 4 nitrogen and oxygen atoms in total. The first kappa shape index (κ1) is 19.5. The van der Waals surface area contributed by atoms with E-state index in [2.05, 4.69) is 15.2 Å². The first-order valence-electron chi connectivity index (χ1n) is 8.33. The van der Waals surface area contributed by atoms with Crippen LogP contribution in [-0.2, 0) is 11.0 Å². The van der Waals surface area contributed by atoms with E-state index in [0.29, 0.717) is 10.7 Å². The van der Waals surface area contributed by atoms with E-state index in [-0.39, 0.29) is 11.7 Å². The van der Waals surface area contributed by atoms with Crippen LogP contribution in [0.4, 0.5) is 28.9 Å². The molecule has 144 valence electrons. The zero-order valence-corrected chi connectivity index (χ0v) is 15.0. The van der Waals surface area contributed by atoms with Crippen molar-refractivity contribution in [2.24, 2.45) is 0 Å². The number of anilines is 2. The molecule has 2 aromatic rings. The van der Waals surface area contributed by atoms with Gasteiger partial charge in [-0.1, -0.05) is 11.8 Å². The van der Waals surface area contributed by atoms with Gasteiger partial charge in [0.2, 0.25) is 5.91 Å². The third kappa shape index (κ3) is 5.35. The van der Waals surface area contributed by atoms with E-state index in [0.717, 1.165) is 55.6 Å². The highest BCUT2D eigenvalue weighted by atomic mass is 32.2. The Morgan fingerprint density at radius 2 is 1.93 bits per heavy atom. The predicted octanol–water partition coefficient (Wildman–Crippen LogP) is 4.57. The summed E-state index contributed by atoms with van der Waals surface area (Å²) in [7, 11) is 0. The van der Waals surface area contributed by atoms with Gasteiger partial charge in [0, 0.05) is 30.7 Å². The van der Waals surface area contributed by atoms with E-state index >= 15 is 0 Å². The molecule has 9 heteroatoms. The maximum Gasteiger partial charge on any atom is 0.417 e. The number of rotatable bonds is 5. The van der Waals surface area contributed by atoms with Crippen molar-refractivity contribution in [1.29, 1.82) is 0 Å². The summed E-state index contributed by atoms with van der Waals surface area (Å²) in [5.74, 6) is -0.875. The molecule has 1 saturated heterocycles. The van der Waals surface area contributed by atoms with Crippen molar-refractivity contribution in [2.45, 2.75) is 24.0 Å². The molecule has 1 aliphatic rings. The van der Waals surface area contributed by atoms with Crippen LogP contribution >= 0.6 is 11.8 Å². The van der Waals surface area contributed by atoms with E-state index in [9.17, 15) is 22.4 Å². The van der Waals surface area contributed by atoms with Crippen LogP contribution in [0.5, 0.6) is 0 Å². The number of nitrogens with zero attached hydrogens (tertiary/aromatic N) is 2. The topological polar surface area (TPSA) is 45.2 Å².